The summed E-state index contributed by atoms with van der Waals surface area (Å²) in [6, 6.07) is 18.9. The SMILES string of the molecule is Cc1cc(CNCCO)ccc1OCc1cccc(-c2csc(COc3ccc(CNCCO)cc3C)c2C)c1C. The van der Waals surface area contributed by atoms with Crippen LogP contribution < -0.4 is 20.1 Å². The van der Waals surface area contributed by atoms with E-state index in [0.717, 1.165) is 35.7 Å². The summed E-state index contributed by atoms with van der Waals surface area (Å²) in [5.41, 5.74) is 10.7. The molecule has 4 N–H and O–H groups in total. The van der Waals surface area contributed by atoms with Crippen LogP contribution in [0.2, 0.25) is 0 Å². The highest BCUT2D eigenvalue weighted by Crippen LogP contribution is 2.35. The van der Waals surface area contributed by atoms with E-state index in [1.165, 1.54) is 43.8 Å². The first-order valence-corrected chi connectivity index (χ1v) is 15.0. The van der Waals surface area contributed by atoms with E-state index in [0.29, 0.717) is 26.3 Å². The Morgan fingerprint density at radius 1 is 0.683 bits per heavy atom. The van der Waals surface area contributed by atoms with Crippen LogP contribution in [0.15, 0.2) is 60.0 Å². The van der Waals surface area contributed by atoms with Gasteiger partial charge >= 0.3 is 0 Å². The van der Waals surface area contributed by atoms with Crippen molar-refractivity contribution in [3.05, 3.63) is 104 Å². The summed E-state index contributed by atoms with van der Waals surface area (Å²) in [4.78, 5) is 1.22. The number of ether oxygens (including phenoxy) is 2. The summed E-state index contributed by atoms with van der Waals surface area (Å²) in [6.45, 7) is 12.4. The molecule has 0 atom stereocenters. The Balaban J connectivity index is 1.40. The van der Waals surface area contributed by atoms with Gasteiger partial charge in [0.05, 0.1) is 13.2 Å². The van der Waals surface area contributed by atoms with Crippen molar-refractivity contribution in [1.29, 1.82) is 0 Å². The van der Waals surface area contributed by atoms with Crippen LogP contribution in [0.3, 0.4) is 0 Å². The average Bonchev–Trinajstić information content (AvgIpc) is 3.32. The Labute approximate surface area is 248 Å². The number of aliphatic hydroxyl groups is 2. The van der Waals surface area contributed by atoms with Crippen LogP contribution in [0.25, 0.3) is 11.1 Å². The fourth-order valence-corrected chi connectivity index (χ4v) is 5.86. The quantitative estimate of drug-likeness (QED) is 0.131. The fraction of sp³-hybridized carbons (Fsp3) is 0.353. The van der Waals surface area contributed by atoms with Crippen LogP contribution in [0.5, 0.6) is 11.5 Å². The Bertz CT molecular complexity index is 1430. The van der Waals surface area contributed by atoms with E-state index in [4.69, 9.17) is 19.7 Å². The van der Waals surface area contributed by atoms with Crippen molar-refractivity contribution < 1.29 is 19.7 Å². The molecule has 7 heteroatoms. The molecule has 3 aromatic carbocycles. The zero-order valence-corrected chi connectivity index (χ0v) is 25.4. The van der Waals surface area contributed by atoms with Gasteiger partial charge in [0.2, 0.25) is 0 Å². The van der Waals surface area contributed by atoms with E-state index in [2.05, 4.69) is 86.2 Å². The van der Waals surface area contributed by atoms with Crippen LogP contribution in [0.1, 0.15) is 43.8 Å². The summed E-state index contributed by atoms with van der Waals surface area (Å²) in [6.07, 6.45) is 0. The van der Waals surface area contributed by atoms with Gasteiger partial charge in [0.15, 0.2) is 0 Å². The van der Waals surface area contributed by atoms with Gasteiger partial charge in [-0.15, -0.1) is 11.3 Å². The minimum absolute atomic E-state index is 0.138. The van der Waals surface area contributed by atoms with Crippen molar-refractivity contribution in [2.24, 2.45) is 0 Å². The normalized spacial score (nSPS) is 11.2. The Kier molecular flexibility index (Phi) is 11.4. The minimum Gasteiger partial charge on any atom is -0.489 e. The molecule has 0 spiro atoms. The molecule has 0 unspecified atom stereocenters. The standard InChI is InChI=1S/C34H42N2O4S/c1-23-16-27(18-35-12-14-37)8-10-32(23)39-20-29-6-5-7-30(25(29)3)31-22-41-34(26(31)4)21-40-33-11-9-28(17-24(33)2)19-36-13-15-38/h5-11,16-17,22,35-38H,12-15,18-21H2,1-4H3. The molecule has 6 nitrogen and oxygen atoms in total. The largest absolute Gasteiger partial charge is 0.489 e. The van der Waals surface area contributed by atoms with E-state index in [1.54, 1.807) is 11.3 Å². The first-order chi connectivity index (χ1) is 19.9. The molecule has 0 bridgehead atoms. The molecule has 41 heavy (non-hydrogen) atoms. The molecule has 4 rings (SSSR count). The lowest BCUT2D eigenvalue weighted by Crippen LogP contribution is -2.17. The van der Waals surface area contributed by atoms with Crippen molar-refractivity contribution in [2.75, 3.05) is 26.3 Å². The maximum Gasteiger partial charge on any atom is 0.123 e. The summed E-state index contributed by atoms with van der Waals surface area (Å²) < 4.78 is 12.5. The zero-order valence-electron chi connectivity index (χ0n) is 24.5. The van der Waals surface area contributed by atoms with Crippen molar-refractivity contribution in [2.45, 2.75) is 54.0 Å². The molecular weight excluding hydrogens is 532 g/mol. The first-order valence-electron chi connectivity index (χ1n) is 14.1. The van der Waals surface area contributed by atoms with Gasteiger partial charge in [0.1, 0.15) is 24.7 Å². The predicted molar refractivity (Wildman–Crippen MR) is 168 cm³/mol. The van der Waals surface area contributed by atoms with Crippen LogP contribution in [-0.2, 0) is 26.3 Å². The van der Waals surface area contributed by atoms with Crippen LogP contribution in [0.4, 0.5) is 0 Å². The lowest BCUT2D eigenvalue weighted by Gasteiger charge is -2.15. The average molecular weight is 575 g/mol. The van der Waals surface area contributed by atoms with E-state index in [9.17, 15) is 0 Å². The van der Waals surface area contributed by atoms with E-state index >= 15 is 0 Å². The van der Waals surface area contributed by atoms with Gasteiger partial charge in [0, 0.05) is 31.1 Å². The number of hydrogen-bond donors (Lipinski definition) is 4. The molecule has 0 aliphatic carbocycles. The second kappa shape index (κ2) is 15.1. The van der Waals surface area contributed by atoms with Crippen molar-refractivity contribution in [3.63, 3.8) is 0 Å². The number of aliphatic hydroxyl groups excluding tert-OH is 2. The molecule has 0 fully saturated rings. The minimum atomic E-state index is 0.138. The van der Waals surface area contributed by atoms with Gasteiger partial charge in [0.25, 0.3) is 0 Å². The summed E-state index contributed by atoms with van der Waals surface area (Å²) in [5.74, 6) is 1.78. The molecule has 0 amide bonds. The molecule has 0 saturated carbocycles. The number of thiophene rings is 1. The summed E-state index contributed by atoms with van der Waals surface area (Å²) >= 11 is 1.74. The van der Waals surface area contributed by atoms with E-state index in [-0.39, 0.29) is 13.2 Å². The second-order valence-electron chi connectivity index (χ2n) is 10.4. The summed E-state index contributed by atoms with van der Waals surface area (Å²) in [5, 5.41) is 26.6. The monoisotopic (exact) mass is 574 g/mol. The van der Waals surface area contributed by atoms with Crippen LogP contribution >= 0.6 is 11.3 Å². The fourth-order valence-electron chi connectivity index (χ4n) is 4.89. The molecule has 218 valence electrons. The Morgan fingerprint density at radius 3 is 1.83 bits per heavy atom. The topological polar surface area (TPSA) is 83.0 Å². The highest BCUT2D eigenvalue weighted by atomic mass is 32.1. The Morgan fingerprint density at radius 2 is 1.27 bits per heavy atom. The van der Waals surface area contributed by atoms with Gasteiger partial charge in [-0.25, -0.2) is 0 Å². The maximum absolute atomic E-state index is 8.97. The molecule has 4 aromatic rings. The smallest absolute Gasteiger partial charge is 0.123 e. The third-order valence-electron chi connectivity index (χ3n) is 7.33. The lowest BCUT2D eigenvalue weighted by molar-refractivity contribution is 0.291. The molecule has 1 heterocycles. The van der Waals surface area contributed by atoms with E-state index in [1.807, 2.05) is 12.1 Å². The van der Waals surface area contributed by atoms with Crippen LogP contribution in [0, 0.1) is 27.7 Å². The van der Waals surface area contributed by atoms with E-state index < -0.39 is 0 Å². The van der Waals surface area contributed by atoms with Crippen molar-refractivity contribution >= 4 is 11.3 Å². The maximum atomic E-state index is 8.97. The van der Waals surface area contributed by atoms with Gasteiger partial charge in [-0.1, -0.05) is 42.5 Å². The Hall–Kier alpha value is -3.20. The van der Waals surface area contributed by atoms with Crippen molar-refractivity contribution in [3.8, 4) is 22.6 Å². The molecule has 0 aliphatic heterocycles. The third kappa shape index (κ3) is 8.18. The number of rotatable bonds is 15. The number of hydrogen-bond acceptors (Lipinski definition) is 7. The predicted octanol–water partition coefficient (Wildman–Crippen LogP) is 5.97. The number of nitrogens with one attached hydrogen (secondary N) is 2. The molecule has 1 aromatic heterocycles. The highest BCUT2D eigenvalue weighted by molar-refractivity contribution is 7.10. The molecule has 0 saturated heterocycles. The lowest BCUT2D eigenvalue weighted by atomic mass is 9.96. The van der Waals surface area contributed by atoms with Gasteiger partial charge in [-0.3, -0.25) is 0 Å². The highest BCUT2D eigenvalue weighted by Gasteiger charge is 2.15. The summed E-state index contributed by atoms with van der Waals surface area (Å²) in [7, 11) is 0. The number of benzene rings is 3. The molecule has 0 aliphatic rings. The van der Waals surface area contributed by atoms with Gasteiger partial charge in [-0.2, -0.15) is 0 Å². The van der Waals surface area contributed by atoms with Crippen molar-refractivity contribution in [1.82, 2.24) is 10.6 Å². The molecule has 0 radical (unpaired) electrons. The van der Waals surface area contributed by atoms with Gasteiger partial charge in [-0.05, 0) is 95.3 Å². The van der Waals surface area contributed by atoms with Crippen LogP contribution in [-0.4, -0.2) is 36.5 Å². The zero-order chi connectivity index (χ0) is 29.2. The second-order valence-corrected chi connectivity index (χ2v) is 11.3. The number of aryl methyl sites for hydroxylation is 2. The first kappa shape index (κ1) is 30.8. The molecular formula is C34H42N2O4S. The third-order valence-corrected chi connectivity index (χ3v) is 8.40. The van der Waals surface area contributed by atoms with Gasteiger partial charge < -0.3 is 30.3 Å².